The summed E-state index contributed by atoms with van der Waals surface area (Å²) in [5, 5.41) is 0. The van der Waals surface area contributed by atoms with Crippen molar-refractivity contribution in [3.63, 3.8) is 0 Å². The van der Waals surface area contributed by atoms with E-state index in [1.165, 1.54) is 48.9 Å². The van der Waals surface area contributed by atoms with Crippen LogP contribution in [0.15, 0.2) is 97.1 Å². The normalized spacial score (nSPS) is 14.9. The standard InChI is InChI=1S/C43H58B2N4.Pt/c1-40(2,3)32-15-19-34(20-16-32)42(7,8)36-23-27-38(28-24-36)48-31-49(45(47(13)14)44(48)46(11)12)39-29-25-37(26-30-39)43(9,10)35-21-17-33(18-22-35)41(4,5)6;/h15-30H,1-14H3;. The molecule has 266 valence electrons. The average molecular weight is 848 g/mol. The van der Waals surface area contributed by atoms with E-state index >= 15 is 0 Å². The summed E-state index contributed by atoms with van der Waals surface area (Å²) in [4.78, 5) is 9.68. The second-order valence-corrected chi connectivity index (χ2v) is 18.8. The molecule has 7 heteroatoms. The Balaban J connectivity index is 1.45. The van der Waals surface area contributed by atoms with Gasteiger partial charge in [-0.05, 0) is 0 Å². The van der Waals surface area contributed by atoms with Crippen molar-refractivity contribution in [3.05, 3.63) is 130 Å². The van der Waals surface area contributed by atoms with E-state index in [2.05, 4.69) is 233 Å². The molecule has 1 saturated heterocycles. The Hall–Kier alpha value is -2.91. The third-order valence-electron chi connectivity index (χ3n) is 10.9. The fourth-order valence-corrected chi connectivity index (χ4v) is 8.45. The monoisotopic (exact) mass is 847 g/mol. The van der Waals surface area contributed by atoms with Gasteiger partial charge in [0, 0.05) is 0 Å². The molecule has 0 unspecified atom stereocenters. The van der Waals surface area contributed by atoms with Gasteiger partial charge in [-0.15, -0.1) is 0 Å². The Morgan fingerprint density at radius 3 is 0.840 bits per heavy atom. The van der Waals surface area contributed by atoms with Crippen LogP contribution >= 0.6 is 0 Å². The molecule has 0 saturated carbocycles. The molecule has 0 spiro atoms. The van der Waals surface area contributed by atoms with E-state index in [1.54, 1.807) is 0 Å². The molecule has 1 aliphatic rings. The van der Waals surface area contributed by atoms with Crippen LogP contribution in [0.1, 0.15) is 103 Å². The first kappa shape index (κ1) is 38.3. The molecule has 0 atom stereocenters. The zero-order chi connectivity index (χ0) is 37.0. The maximum atomic E-state index is 2.54. The van der Waals surface area contributed by atoms with Crippen LogP contribution in [0, 0.1) is 0 Å². The molecule has 1 fully saturated rings. The summed E-state index contributed by atoms with van der Waals surface area (Å²) in [6.45, 7) is 23.2. The van der Waals surface area contributed by atoms with Crippen LogP contribution in [0.5, 0.6) is 0 Å². The van der Waals surface area contributed by atoms with Crippen LogP contribution in [0.3, 0.4) is 0 Å². The third kappa shape index (κ3) is 7.36. The molecule has 0 aromatic heterocycles. The first-order valence-electron chi connectivity index (χ1n) is 18.0. The zero-order valence-corrected chi connectivity index (χ0v) is 35.3. The Kier molecular flexibility index (Phi) is 10.7. The second kappa shape index (κ2) is 13.9. The summed E-state index contributed by atoms with van der Waals surface area (Å²) < 4.78 is 1.19. The van der Waals surface area contributed by atoms with Crippen LogP contribution in [0.4, 0.5) is 11.4 Å². The Labute approximate surface area is 315 Å². The van der Waals surface area contributed by atoms with Crippen molar-refractivity contribution in [2.75, 3.05) is 37.8 Å². The summed E-state index contributed by atoms with van der Waals surface area (Å²) >= 11 is 2.54. The molecule has 0 aliphatic carbocycles. The third-order valence-corrected chi connectivity index (χ3v) is 12.0. The van der Waals surface area contributed by atoms with Gasteiger partial charge in [0.1, 0.15) is 0 Å². The predicted molar refractivity (Wildman–Crippen MR) is 216 cm³/mol. The molecule has 4 nitrogen and oxygen atoms in total. The van der Waals surface area contributed by atoms with Crippen molar-refractivity contribution in [3.8, 4) is 0 Å². The van der Waals surface area contributed by atoms with Crippen LogP contribution in [-0.2, 0) is 41.0 Å². The van der Waals surface area contributed by atoms with E-state index in [0.717, 1.165) is 0 Å². The number of hydrogen-bond donors (Lipinski definition) is 0. The molecule has 5 rings (SSSR count). The van der Waals surface area contributed by atoms with Crippen LogP contribution in [0.2, 0.25) is 0 Å². The molecule has 0 N–H and O–H groups in total. The van der Waals surface area contributed by atoms with Gasteiger partial charge in [-0.3, -0.25) is 0 Å². The first-order valence-corrected chi connectivity index (χ1v) is 19.1. The second-order valence-electron chi connectivity index (χ2n) is 17.7. The first-order chi connectivity index (χ1) is 23.2. The van der Waals surface area contributed by atoms with E-state index in [-0.39, 0.29) is 35.4 Å². The topological polar surface area (TPSA) is 13.0 Å². The molecular formula is C43H58B2N4Pt. The van der Waals surface area contributed by atoms with Gasteiger partial charge in [-0.2, -0.15) is 0 Å². The van der Waals surface area contributed by atoms with E-state index in [4.69, 9.17) is 0 Å². The summed E-state index contributed by atoms with van der Waals surface area (Å²) in [6.07, 6.45) is 0. The fourth-order valence-electron chi connectivity index (χ4n) is 7.27. The van der Waals surface area contributed by atoms with Gasteiger partial charge in [-0.1, -0.05) is 41.5 Å². The number of benzene rings is 4. The summed E-state index contributed by atoms with van der Waals surface area (Å²) in [7, 11) is 8.77. The molecule has 50 heavy (non-hydrogen) atoms. The van der Waals surface area contributed by atoms with Gasteiger partial charge in [0.15, 0.2) is 0 Å². The number of rotatable bonds is 8. The molecule has 4 aromatic carbocycles. The van der Waals surface area contributed by atoms with Crippen molar-refractivity contribution in [2.45, 2.75) is 90.9 Å². The molecular weight excluding hydrogens is 789 g/mol. The van der Waals surface area contributed by atoms with Crippen LogP contribution in [-0.4, -0.2) is 55.7 Å². The van der Waals surface area contributed by atoms with E-state index < -0.39 is 0 Å². The number of anilines is 2. The molecule has 0 amide bonds. The molecule has 0 bridgehead atoms. The van der Waals surface area contributed by atoms with E-state index in [0.29, 0.717) is 0 Å². The van der Waals surface area contributed by atoms with Crippen molar-refractivity contribution in [2.24, 2.45) is 0 Å². The van der Waals surface area contributed by atoms with Crippen molar-refractivity contribution in [1.82, 2.24) is 9.62 Å². The van der Waals surface area contributed by atoms with Gasteiger partial charge >= 0.3 is 276 Å². The number of nitrogens with zero attached hydrogens (tertiary/aromatic N) is 4. The molecule has 1 aliphatic heterocycles. The number of hydrogen-bond acceptors (Lipinski definition) is 4. The van der Waals surface area contributed by atoms with Crippen LogP contribution < -0.4 is 9.62 Å². The van der Waals surface area contributed by atoms with Gasteiger partial charge in [0.25, 0.3) is 0 Å². The summed E-state index contributed by atoms with van der Waals surface area (Å²) in [6, 6.07) is 36.9. The molecule has 1 heterocycles. The van der Waals surface area contributed by atoms with Crippen molar-refractivity contribution in [1.29, 1.82) is 0 Å². The SMILES string of the molecule is CN(C)B1B(N(C)C)N(c2ccc(C(C)(C)c3ccc(C(C)(C)C)cc3)cc2)[C](=[Pt])N1c1ccc(C(C)(C)c2ccc(C(C)(C)C)cc2)cc1. The minimum absolute atomic E-state index is 0.110. The molecule has 0 radical (unpaired) electrons. The average Bonchev–Trinajstić information content (AvgIpc) is 3.37. The molecule has 4 aromatic rings. The van der Waals surface area contributed by atoms with Crippen molar-refractivity contribution < 1.29 is 19.4 Å². The van der Waals surface area contributed by atoms with Crippen LogP contribution in [0.25, 0.3) is 0 Å². The van der Waals surface area contributed by atoms with Crippen molar-refractivity contribution >= 4 is 29.3 Å². The van der Waals surface area contributed by atoms with E-state index in [9.17, 15) is 0 Å². The maximum absolute atomic E-state index is 2.54. The summed E-state index contributed by atoms with van der Waals surface area (Å²) in [5.41, 5.74) is 10.5. The summed E-state index contributed by atoms with van der Waals surface area (Å²) in [5.74, 6) is 0. The quantitative estimate of drug-likeness (QED) is 0.164. The van der Waals surface area contributed by atoms with Gasteiger partial charge in [0.2, 0.25) is 0 Å². The Bertz CT molecular complexity index is 1650. The van der Waals surface area contributed by atoms with Gasteiger partial charge in [0.05, 0.1) is 0 Å². The zero-order valence-electron chi connectivity index (χ0n) is 33.0. The van der Waals surface area contributed by atoms with Gasteiger partial charge < -0.3 is 0 Å². The fraction of sp³-hybridized carbons (Fsp3) is 0.419. The Morgan fingerprint density at radius 2 is 0.620 bits per heavy atom. The van der Waals surface area contributed by atoms with Gasteiger partial charge in [-0.25, -0.2) is 0 Å². The van der Waals surface area contributed by atoms with E-state index in [1.807, 2.05) is 0 Å². The minimum atomic E-state index is -0.111. The predicted octanol–water partition coefficient (Wildman–Crippen LogP) is 9.07. The Morgan fingerprint density at radius 1 is 0.400 bits per heavy atom.